The second-order valence-electron chi connectivity index (χ2n) is 7.04. The lowest BCUT2D eigenvalue weighted by Crippen LogP contribution is -2.44. The number of nitrogens with one attached hydrogen (secondary N) is 2. The molecule has 1 aromatic carbocycles. The maximum absolute atomic E-state index is 14.0. The fourth-order valence-corrected chi connectivity index (χ4v) is 2.75. The van der Waals surface area contributed by atoms with E-state index in [1.54, 1.807) is 17.0 Å². The van der Waals surface area contributed by atoms with E-state index >= 15 is 0 Å². The Morgan fingerprint density at radius 2 is 2.00 bits per heavy atom. The summed E-state index contributed by atoms with van der Waals surface area (Å²) in [5.74, 6) is -0.427. The first-order valence-corrected chi connectivity index (χ1v) is 8.66. The molecular formula is C17H25FN4O2S. The number of carbonyl (C=O) groups is 1. The predicted octanol–water partition coefficient (Wildman–Crippen LogP) is 3.29. The normalized spacial score (nSPS) is 15.6. The first-order valence-electron chi connectivity index (χ1n) is 8.25. The van der Waals surface area contributed by atoms with Crippen molar-refractivity contribution < 1.29 is 13.9 Å². The van der Waals surface area contributed by atoms with E-state index < -0.39 is 11.4 Å². The van der Waals surface area contributed by atoms with Gasteiger partial charge >= 0.3 is 6.09 Å². The van der Waals surface area contributed by atoms with Gasteiger partial charge in [-0.1, -0.05) is 6.07 Å². The van der Waals surface area contributed by atoms with Crippen molar-refractivity contribution in [1.29, 1.82) is 0 Å². The topological polar surface area (TPSA) is 79.6 Å². The monoisotopic (exact) mass is 368 g/mol. The minimum atomic E-state index is -0.505. The standard InChI is InChI=1S/C17H25FN4O2S/c1-17(2,3)24-16(23)22-9-7-11(8-10-22)20-13-6-4-5-12(18)14(13)21-15(19)25/h4-6,11,20H,7-10H2,1-3H3,(H3,19,21,25). The molecule has 0 spiro atoms. The lowest BCUT2D eigenvalue weighted by atomic mass is 10.0. The highest BCUT2D eigenvalue weighted by Gasteiger charge is 2.27. The molecule has 0 aromatic heterocycles. The Hall–Kier alpha value is -2.09. The number of benzene rings is 1. The van der Waals surface area contributed by atoms with Gasteiger partial charge in [-0.2, -0.15) is 0 Å². The molecule has 0 bridgehead atoms. The lowest BCUT2D eigenvalue weighted by Gasteiger charge is -2.34. The summed E-state index contributed by atoms with van der Waals surface area (Å²) in [6, 6.07) is 4.85. The number of halogens is 1. The van der Waals surface area contributed by atoms with Crippen LogP contribution in [0.2, 0.25) is 0 Å². The van der Waals surface area contributed by atoms with Crippen molar-refractivity contribution in [3.05, 3.63) is 24.0 Å². The third kappa shape index (κ3) is 5.74. The summed E-state index contributed by atoms with van der Waals surface area (Å²) in [5.41, 5.74) is 5.80. The Morgan fingerprint density at radius 1 is 1.36 bits per heavy atom. The summed E-state index contributed by atoms with van der Waals surface area (Å²) in [6.07, 6.45) is 1.18. The van der Waals surface area contributed by atoms with Crippen LogP contribution in [0.1, 0.15) is 33.6 Å². The number of rotatable bonds is 3. The molecule has 1 amide bonds. The molecule has 8 heteroatoms. The maximum atomic E-state index is 14.0. The van der Waals surface area contributed by atoms with E-state index in [-0.39, 0.29) is 22.9 Å². The molecule has 1 aromatic rings. The summed E-state index contributed by atoms with van der Waals surface area (Å²) in [7, 11) is 0. The van der Waals surface area contributed by atoms with E-state index in [0.29, 0.717) is 18.8 Å². The molecule has 0 atom stereocenters. The predicted molar refractivity (Wildman–Crippen MR) is 101 cm³/mol. The van der Waals surface area contributed by atoms with Gasteiger partial charge in [0.1, 0.15) is 11.4 Å². The second kappa shape index (κ2) is 7.86. The number of likely N-dealkylation sites (tertiary alicyclic amines) is 1. The van der Waals surface area contributed by atoms with Crippen molar-refractivity contribution in [2.24, 2.45) is 5.73 Å². The zero-order valence-corrected chi connectivity index (χ0v) is 15.6. The van der Waals surface area contributed by atoms with Gasteiger partial charge in [-0.05, 0) is 58.0 Å². The minimum absolute atomic E-state index is 0.00731. The van der Waals surface area contributed by atoms with Crippen LogP contribution in [-0.2, 0) is 4.74 Å². The Morgan fingerprint density at radius 3 is 2.56 bits per heavy atom. The average Bonchev–Trinajstić information content (AvgIpc) is 2.49. The van der Waals surface area contributed by atoms with Gasteiger partial charge in [0.2, 0.25) is 0 Å². The molecule has 1 heterocycles. The fraction of sp³-hybridized carbons (Fsp3) is 0.529. The molecule has 2 rings (SSSR count). The number of amides is 1. The molecule has 0 unspecified atom stereocenters. The molecule has 0 saturated carbocycles. The zero-order chi connectivity index (χ0) is 18.6. The quantitative estimate of drug-likeness (QED) is 0.711. The van der Waals surface area contributed by atoms with Gasteiger partial charge in [-0.25, -0.2) is 9.18 Å². The third-order valence-electron chi connectivity index (χ3n) is 3.77. The van der Waals surface area contributed by atoms with E-state index in [2.05, 4.69) is 10.6 Å². The summed E-state index contributed by atoms with van der Waals surface area (Å²) in [4.78, 5) is 13.8. The summed E-state index contributed by atoms with van der Waals surface area (Å²) >= 11 is 4.80. The Bertz CT molecular complexity index is 640. The van der Waals surface area contributed by atoms with Gasteiger partial charge in [-0.15, -0.1) is 0 Å². The average molecular weight is 368 g/mol. The molecule has 6 nitrogen and oxygen atoms in total. The highest BCUT2D eigenvalue weighted by atomic mass is 32.1. The number of carbonyl (C=O) groups excluding carboxylic acids is 1. The van der Waals surface area contributed by atoms with E-state index in [1.807, 2.05) is 20.8 Å². The van der Waals surface area contributed by atoms with Crippen molar-refractivity contribution in [2.75, 3.05) is 23.7 Å². The zero-order valence-electron chi connectivity index (χ0n) is 14.8. The van der Waals surface area contributed by atoms with Crippen molar-refractivity contribution in [2.45, 2.75) is 45.3 Å². The smallest absolute Gasteiger partial charge is 0.410 e. The number of nitrogens with zero attached hydrogens (tertiary/aromatic N) is 1. The van der Waals surface area contributed by atoms with Gasteiger partial charge in [-0.3, -0.25) is 0 Å². The molecule has 1 saturated heterocycles. The molecular weight excluding hydrogens is 343 g/mol. The number of hydrogen-bond donors (Lipinski definition) is 3. The Balaban J connectivity index is 1.95. The summed E-state index contributed by atoms with van der Waals surface area (Å²) in [6.45, 7) is 6.71. The van der Waals surface area contributed by atoms with Gasteiger partial charge < -0.3 is 26.0 Å². The van der Waals surface area contributed by atoms with Crippen LogP contribution in [0, 0.1) is 5.82 Å². The van der Waals surface area contributed by atoms with E-state index in [0.717, 1.165) is 12.8 Å². The number of para-hydroxylation sites is 1. The van der Waals surface area contributed by atoms with Crippen molar-refractivity contribution in [3.63, 3.8) is 0 Å². The van der Waals surface area contributed by atoms with Crippen LogP contribution in [-0.4, -0.2) is 40.8 Å². The molecule has 0 aliphatic carbocycles. The van der Waals surface area contributed by atoms with Crippen LogP contribution < -0.4 is 16.4 Å². The van der Waals surface area contributed by atoms with Crippen molar-refractivity contribution >= 4 is 34.8 Å². The van der Waals surface area contributed by atoms with Crippen LogP contribution in [0.25, 0.3) is 0 Å². The van der Waals surface area contributed by atoms with Gasteiger partial charge in [0.05, 0.1) is 11.4 Å². The number of hydrogen-bond acceptors (Lipinski definition) is 4. The highest BCUT2D eigenvalue weighted by Crippen LogP contribution is 2.27. The number of thiocarbonyl (C=S) groups is 1. The number of nitrogens with two attached hydrogens (primary N) is 1. The number of anilines is 2. The van der Waals surface area contributed by atoms with Crippen LogP contribution in [0.15, 0.2) is 18.2 Å². The van der Waals surface area contributed by atoms with Gasteiger partial charge in [0, 0.05) is 19.1 Å². The maximum Gasteiger partial charge on any atom is 0.410 e. The SMILES string of the molecule is CC(C)(C)OC(=O)N1CCC(Nc2cccc(F)c2NC(N)=S)CC1. The van der Waals surface area contributed by atoms with E-state index in [9.17, 15) is 9.18 Å². The molecule has 1 fully saturated rings. The molecule has 25 heavy (non-hydrogen) atoms. The van der Waals surface area contributed by atoms with Crippen LogP contribution in [0.4, 0.5) is 20.6 Å². The van der Waals surface area contributed by atoms with Crippen molar-refractivity contribution in [1.82, 2.24) is 4.90 Å². The first-order chi connectivity index (χ1) is 11.7. The van der Waals surface area contributed by atoms with Crippen LogP contribution in [0.5, 0.6) is 0 Å². The summed E-state index contributed by atoms with van der Waals surface area (Å²) in [5, 5.41) is 5.99. The molecule has 138 valence electrons. The van der Waals surface area contributed by atoms with Crippen LogP contribution in [0.3, 0.4) is 0 Å². The minimum Gasteiger partial charge on any atom is -0.444 e. The number of piperidine rings is 1. The fourth-order valence-electron chi connectivity index (χ4n) is 2.65. The largest absolute Gasteiger partial charge is 0.444 e. The molecule has 1 aliphatic rings. The Kier molecular flexibility index (Phi) is 6.05. The molecule has 0 radical (unpaired) electrons. The van der Waals surface area contributed by atoms with Crippen LogP contribution >= 0.6 is 12.2 Å². The van der Waals surface area contributed by atoms with Gasteiger partial charge in [0.15, 0.2) is 5.11 Å². The van der Waals surface area contributed by atoms with Gasteiger partial charge in [0.25, 0.3) is 0 Å². The highest BCUT2D eigenvalue weighted by molar-refractivity contribution is 7.80. The Labute approximate surface area is 152 Å². The van der Waals surface area contributed by atoms with Crippen molar-refractivity contribution in [3.8, 4) is 0 Å². The molecule has 1 aliphatic heterocycles. The number of ether oxygens (including phenoxy) is 1. The lowest BCUT2D eigenvalue weighted by molar-refractivity contribution is 0.0210. The first kappa shape index (κ1) is 19.2. The summed E-state index contributed by atoms with van der Waals surface area (Å²) < 4.78 is 19.4. The second-order valence-corrected chi connectivity index (χ2v) is 7.48. The van der Waals surface area contributed by atoms with E-state index in [1.165, 1.54) is 6.07 Å². The van der Waals surface area contributed by atoms with E-state index in [4.69, 9.17) is 22.7 Å². The third-order valence-corrected chi connectivity index (χ3v) is 3.87. The molecule has 4 N–H and O–H groups in total.